The second kappa shape index (κ2) is 5.13. The van der Waals surface area contributed by atoms with E-state index in [-0.39, 0.29) is 5.75 Å². The number of phenolic OH excluding ortho intramolecular Hbond substituents is 1. The first kappa shape index (κ1) is 12.9. The van der Waals surface area contributed by atoms with Crippen molar-refractivity contribution in [2.45, 2.75) is 6.92 Å². The van der Waals surface area contributed by atoms with E-state index >= 15 is 0 Å². The molecule has 3 rings (SSSR count). The Labute approximate surface area is 125 Å². The van der Waals surface area contributed by atoms with Crippen LogP contribution in [0.25, 0.3) is 10.9 Å². The zero-order chi connectivity index (χ0) is 14.1. The largest absolute Gasteiger partial charge is 0.508 e. The van der Waals surface area contributed by atoms with Crippen molar-refractivity contribution in [2.24, 2.45) is 0 Å². The van der Waals surface area contributed by atoms with Crippen LogP contribution in [0.1, 0.15) is 5.69 Å². The first-order chi connectivity index (χ1) is 9.61. The van der Waals surface area contributed by atoms with Gasteiger partial charge in [-0.25, -0.2) is 0 Å². The normalized spacial score (nSPS) is 10.7. The molecular weight excluding hydrogens is 316 g/mol. The number of benzene rings is 2. The number of hydrogen-bond donors (Lipinski definition) is 2. The maximum Gasteiger partial charge on any atom is 0.117 e. The van der Waals surface area contributed by atoms with Gasteiger partial charge in [0.05, 0.1) is 5.52 Å². The fourth-order valence-corrected chi connectivity index (χ4v) is 2.53. The Kier molecular flexibility index (Phi) is 3.32. The number of nitrogens with one attached hydrogen (secondary N) is 1. The standard InChI is InChI=1S/C16H13BrN2O/c1-10-7-16(19-12-3-2-4-13(20)9-12)14-8-11(17)5-6-15(14)18-10/h2-9,20H,1H3,(H,18,19). The molecule has 3 aromatic rings. The molecule has 0 amide bonds. The van der Waals surface area contributed by atoms with Crippen LogP contribution in [0.3, 0.4) is 0 Å². The molecule has 100 valence electrons. The van der Waals surface area contributed by atoms with Crippen LogP contribution >= 0.6 is 15.9 Å². The van der Waals surface area contributed by atoms with Crippen LogP contribution in [-0.2, 0) is 0 Å². The topological polar surface area (TPSA) is 45.1 Å². The van der Waals surface area contributed by atoms with Crippen LogP contribution < -0.4 is 5.32 Å². The van der Waals surface area contributed by atoms with Gasteiger partial charge in [-0.15, -0.1) is 0 Å². The van der Waals surface area contributed by atoms with E-state index in [0.717, 1.165) is 32.4 Å². The number of anilines is 2. The molecule has 0 aliphatic rings. The van der Waals surface area contributed by atoms with E-state index in [9.17, 15) is 5.11 Å². The number of halogens is 1. The van der Waals surface area contributed by atoms with Crippen LogP contribution in [0.5, 0.6) is 5.75 Å². The minimum atomic E-state index is 0.242. The van der Waals surface area contributed by atoms with Gasteiger partial charge in [0.2, 0.25) is 0 Å². The molecular formula is C16H13BrN2O. The van der Waals surface area contributed by atoms with Gasteiger partial charge in [0, 0.05) is 33.0 Å². The molecule has 0 saturated carbocycles. The van der Waals surface area contributed by atoms with Crippen LogP contribution in [0.15, 0.2) is 53.0 Å². The lowest BCUT2D eigenvalue weighted by Crippen LogP contribution is -1.94. The van der Waals surface area contributed by atoms with Gasteiger partial charge in [0.25, 0.3) is 0 Å². The van der Waals surface area contributed by atoms with Crippen LogP contribution in [0.4, 0.5) is 11.4 Å². The van der Waals surface area contributed by atoms with Gasteiger partial charge >= 0.3 is 0 Å². The van der Waals surface area contributed by atoms with E-state index in [1.165, 1.54) is 0 Å². The molecule has 2 aromatic carbocycles. The number of aryl methyl sites for hydroxylation is 1. The molecule has 1 aromatic heterocycles. The molecule has 4 heteroatoms. The zero-order valence-electron chi connectivity index (χ0n) is 10.9. The minimum Gasteiger partial charge on any atom is -0.508 e. The average molecular weight is 329 g/mol. The first-order valence-corrected chi connectivity index (χ1v) is 7.04. The number of rotatable bonds is 2. The van der Waals surface area contributed by atoms with E-state index in [4.69, 9.17) is 0 Å². The van der Waals surface area contributed by atoms with E-state index in [1.807, 2.05) is 43.3 Å². The summed E-state index contributed by atoms with van der Waals surface area (Å²) in [7, 11) is 0. The Morgan fingerprint density at radius 3 is 2.75 bits per heavy atom. The third-order valence-corrected chi connectivity index (χ3v) is 3.52. The molecule has 0 unspecified atom stereocenters. The van der Waals surface area contributed by atoms with Crippen molar-refractivity contribution in [2.75, 3.05) is 5.32 Å². The number of fused-ring (bicyclic) bond motifs is 1. The highest BCUT2D eigenvalue weighted by atomic mass is 79.9. The molecule has 0 spiro atoms. The second-order valence-corrected chi connectivity index (χ2v) is 5.56. The Hall–Kier alpha value is -2.07. The molecule has 0 saturated heterocycles. The van der Waals surface area contributed by atoms with E-state index in [2.05, 4.69) is 26.2 Å². The van der Waals surface area contributed by atoms with Gasteiger partial charge in [-0.2, -0.15) is 0 Å². The summed E-state index contributed by atoms with van der Waals surface area (Å²) in [6.07, 6.45) is 0. The fraction of sp³-hybridized carbons (Fsp3) is 0.0625. The lowest BCUT2D eigenvalue weighted by atomic mass is 10.1. The predicted octanol–water partition coefficient (Wildman–Crippen LogP) is 4.75. The number of nitrogens with zero attached hydrogens (tertiary/aromatic N) is 1. The molecule has 3 nitrogen and oxygen atoms in total. The summed E-state index contributed by atoms with van der Waals surface area (Å²) >= 11 is 3.49. The zero-order valence-corrected chi connectivity index (χ0v) is 12.5. The quantitative estimate of drug-likeness (QED) is 0.713. The van der Waals surface area contributed by atoms with Gasteiger partial charge in [-0.05, 0) is 43.3 Å². The minimum absolute atomic E-state index is 0.242. The lowest BCUT2D eigenvalue weighted by molar-refractivity contribution is 0.475. The number of aromatic nitrogens is 1. The van der Waals surface area contributed by atoms with Crippen LogP contribution in [-0.4, -0.2) is 10.1 Å². The Bertz CT molecular complexity index is 787. The van der Waals surface area contributed by atoms with E-state index < -0.39 is 0 Å². The summed E-state index contributed by atoms with van der Waals surface area (Å²) in [5.41, 5.74) is 3.70. The fourth-order valence-electron chi connectivity index (χ4n) is 2.17. The summed E-state index contributed by atoms with van der Waals surface area (Å²) in [6.45, 7) is 1.97. The van der Waals surface area contributed by atoms with Crippen LogP contribution in [0, 0.1) is 6.92 Å². The lowest BCUT2D eigenvalue weighted by Gasteiger charge is -2.11. The molecule has 0 fully saturated rings. The molecule has 2 N–H and O–H groups in total. The number of phenols is 1. The SMILES string of the molecule is Cc1cc(Nc2cccc(O)c2)c2cc(Br)ccc2n1. The highest BCUT2D eigenvalue weighted by molar-refractivity contribution is 9.10. The molecule has 0 atom stereocenters. The van der Waals surface area contributed by atoms with Crippen molar-refractivity contribution in [1.29, 1.82) is 0 Å². The molecule has 0 aliphatic heterocycles. The highest BCUT2D eigenvalue weighted by Gasteiger charge is 2.05. The summed E-state index contributed by atoms with van der Waals surface area (Å²) in [5, 5.41) is 13.9. The number of aromatic hydroxyl groups is 1. The first-order valence-electron chi connectivity index (χ1n) is 6.25. The van der Waals surface area contributed by atoms with Gasteiger partial charge in [0.15, 0.2) is 0 Å². The summed E-state index contributed by atoms with van der Waals surface area (Å²) in [5.74, 6) is 0.242. The van der Waals surface area contributed by atoms with E-state index in [0.29, 0.717) is 0 Å². The summed E-state index contributed by atoms with van der Waals surface area (Å²) < 4.78 is 1.01. The van der Waals surface area contributed by atoms with Crippen molar-refractivity contribution >= 4 is 38.2 Å². The third kappa shape index (κ3) is 2.60. The van der Waals surface area contributed by atoms with Crippen molar-refractivity contribution < 1.29 is 5.11 Å². The highest BCUT2D eigenvalue weighted by Crippen LogP contribution is 2.29. The van der Waals surface area contributed by atoms with Crippen molar-refractivity contribution in [3.05, 3.63) is 58.7 Å². The second-order valence-electron chi connectivity index (χ2n) is 4.65. The van der Waals surface area contributed by atoms with Crippen molar-refractivity contribution in [1.82, 2.24) is 4.98 Å². The maximum absolute atomic E-state index is 9.54. The van der Waals surface area contributed by atoms with Gasteiger partial charge in [-0.1, -0.05) is 22.0 Å². The summed E-state index contributed by atoms with van der Waals surface area (Å²) in [4.78, 5) is 4.53. The molecule has 0 aliphatic carbocycles. The number of pyridine rings is 1. The smallest absolute Gasteiger partial charge is 0.117 e. The third-order valence-electron chi connectivity index (χ3n) is 3.02. The molecule has 20 heavy (non-hydrogen) atoms. The van der Waals surface area contributed by atoms with Crippen LogP contribution in [0.2, 0.25) is 0 Å². The molecule has 1 heterocycles. The van der Waals surface area contributed by atoms with E-state index in [1.54, 1.807) is 12.1 Å². The van der Waals surface area contributed by atoms with Gasteiger partial charge in [0.1, 0.15) is 5.75 Å². The molecule has 0 bridgehead atoms. The Balaban J connectivity index is 2.12. The van der Waals surface area contributed by atoms with Crippen molar-refractivity contribution in [3.63, 3.8) is 0 Å². The summed E-state index contributed by atoms with van der Waals surface area (Å²) in [6, 6.07) is 15.1. The maximum atomic E-state index is 9.54. The molecule has 0 radical (unpaired) electrons. The van der Waals surface area contributed by atoms with Gasteiger partial charge in [-0.3, -0.25) is 4.98 Å². The monoisotopic (exact) mass is 328 g/mol. The average Bonchev–Trinajstić information content (AvgIpc) is 2.39. The number of hydrogen-bond acceptors (Lipinski definition) is 3. The predicted molar refractivity (Wildman–Crippen MR) is 85.6 cm³/mol. The van der Waals surface area contributed by atoms with Gasteiger partial charge < -0.3 is 10.4 Å². The van der Waals surface area contributed by atoms with Crippen molar-refractivity contribution in [3.8, 4) is 5.75 Å². The Morgan fingerprint density at radius 2 is 1.95 bits per heavy atom. The Morgan fingerprint density at radius 1 is 1.10 bits per heavy atom.